The molecular weight excluding hydrogens is 214 g/mol. The topological polar surface area (TPSA) is 95.9 Å². The third-order valence-corrected chi connectivity index (χ3v) is 2.86. The highest BCUT2D eigenvalue weighted by Crippen LogP contribution is 2.29. The van der Waals surface area contributed by atoms with Crippen LogP contribution in [0.25, 0.3) is 0 Å². The highest BCUT2D eigenvalue weighted by molar-refractivity contribution is 6.16. The smallest absolute Gasteiger partial charge is 0.256 e. The molecule has 2 rings (SSSR count). The molecule has 0 spiro atoms. The summed E-state index contributed by atoms with van der Waals surface area (Å²) < 4.78 is 5.36. The van der Waals surface area contributed by atoms with Crippen molar-refractivity contribution in [1.82, 2.24) is 5.32 Å². The van der Waals surface area contributed by atoms with E-state index in [2.05, 4.69) is 5.32 Å². The van der Waals surface area contributed by atoms with E-state index in [0.717, 1.165) is 6.08 Å². The van der Waals surface area contributed by atoms with Crippen molar-refractivity contribution in [3.05, 3.63) is 11.6 Å². The molecule has 88 valence electrons. The molecule has 4 unspecified atom stereocenters. The molecule has 2 aliphatic rings. The van der Waals surface area contributed by atoms with Crippen molar-refractivity contribution >= 4 is 11.8 Å². The van der Waals surface area contributed by atoms with Crippen molar-refractivity contribution < 1.29 is 24.5 Å². The Morgan fingerprint density at radius 2 is 2.06 bits per heavy atom. The van der Waals surface area contributed by atoms with Gasteiger partial charge in [0, 0.05) is 6.08 Å². The number of imide groups is 1. The summed E-state index contributed by atoms with van der Waals surface area (Å²) in [7, 11) is 0. The standard InChI is InChI=1S/C10H13NO5/c1-2-5-7(13)8(14)9(16-5)4-3-6(12)11-10(4)15/h3,5,7-9,13-14H,2H2,1H3,(H,11,12,15). The van der Waals surface area contributed by atoms with Gasteiger partial charge in [0.1, 0.15) is 18.3 Å². The third kappa shape index (κ3) is 1.64. The molecule has 2 aliphatic heterocycles. The lowest BCUT2D eigenvalue weighted by Gasteiger charge is -2.13. The number of amides is 2. The molecule has 6 heteroatoms. The Hall–Kier alpha value is -1.24. The molecule has 16 heavy (non-hydrogen) atoms. The number of aliphatic hydroxyl groups is 2. The largest absolute Gasteiger partial charge is 0.388 e. The molecule has 4 atom stereocenters. The van der Waals surface area contributed by atoms with Crippen LogP contribution in [0.1, 0.15) is 13.3 Å². The van der Waals surface area contributed by atoms with E-state index in [1.54, 1.807) is 6.92 Å². The highest BCUT2D eigenvalue weighted by Gasteiger charge is 2.46. The van der Waals surface area contributed by atoms with Crippen molar-refractivity contribution in [3.63, 3.8) is 0 Å². The van der Waals surface area contributed by atoms with Gasteiger partial charge in [-0.25, -0.2) is 0 Å². The second-order valence-corrected chi connectivity index (χ2v) is 3.90. The lowest BCUT2D eigenvalue weighted by Crippen LogP contribution is -2.35. The first-order chi connectivity index (χ1) is 7.54. The van der Waals surface area contributed by atoms with E-state index in [0.29, 0.717) is 6.42 Å². The van der Waals surface area contributed by atoms with E-state index < -0.39 is 36.2 Å². The van der Waals surface area contributed by atoms with E-state index in [1.165, 1.54) is 0 Å². The van der Waals surface area contributed by atoms with Crippen molar-refractivity contribution in [1.29, 1.82) is 0 Å². The fourth-order valence-corrected chi connectivity index (χ4v) is 1.98. The van der Waals surface area contributed by atoms with Crippen molar-refractivity contribution in [2.75, 3.05) is 0 Å². The summed E-state index contributed by atoms with van der Waals surface area (Å²) in [6.45, 7) is 1.80. The molecule has 0 aliphatic carbocycles. The van der Waals surface area contributed by atoms with Gasteiger partial charge in [-0.05, 0) is 6.42 Å². The minimum atomic E-state index is -1.17. The first-order valence-corrected chi connectivity index (χ1v) is 5.13. The number of rotatable bonds is 2. The third-order valence-electron chi connectivity index (χ3n) is 2.86. The molecule has 0 aromatic carbocycles. The minimum absolute atomic E-state index is 0.0764. The first kappa shape index (κ1) is 11.3. The van der Waals surface area contributed by atoms with Gasteiger partial charge in [0.15, 0.2) is 0 Å². The predicted octanol–water partition coefficient (Wildman–Crippen LogP) is -1.53. The second-order valence-electron chi connectivity index (χ2n) is 3.90. The Bertz CT molecular complexity index is 364. The number of hydrogen-bond acceptors (Lipinski definition) is 5. The summed E-state index contributed by atoms with van der Waals surface area (Å²) in [5.74, 6) is -1.09. The number of carbonyl (C=O) groups excluding carboxylic acids is 2. The van der Waals surface area contributed by atoms with E-state index >= 15 is 0 Å². The summed E-state index contributed by atoms with van der Waals surface area (Å²) in [5.41, 5.74) is 0.0764. The lowest BCUT2D eigenvalue weighted by molar-refractivity contribution is -0.124. The fraction of sp³-hybridized carbons (Fsp3) is 0.600. The van der Waals surface area contributed by atoms with Gasteiger partial charge in [0.25, 0.3) is 11.8 Å². The van der Waals surface area contributed by atoms with Gasteiger partial charge in [0.2, 0.25) is 0 Å². The van der Waals surface area contributed by atoms with Crippen molar-refractivity contribution in [3.8, 4) is 0 Å². The first-order valence-electron chi connectivity index (χ1n) is 5.13. The predicted molar refractivity (Wildman–Crippen MR) is 52.2 cm³/mol. The monoisotopic (exact) mass is 227 g/mol. The molecule has 0 aromatic rings. The Labute approximate surface area is 91.9 Å². The number of carbonyl (C=O) groups is 2. The van der Waals surface area contributed by atoms with Crippen molar-refractivity contribution in [2.45, 2.75) is 37.8 Å². The average molecular weight is 227 g/mol. The molecule has 0 radical (unpaired) electrons. The minimum Gasteiger partial charge on any atom is -0.388 e. The zero-order valence-corrected chi connectivity index (χ0v) is 8.71. The van der Waals surface area contributed by atoms with Crippen LogP contribution in [-0.4, -0.2) is 46.4 Å². The summed E-state index contributed by atoms with van der Waals surface area (Å²) in [4.78, 5) is 22.3. The molecule has 0 aromatic heterocycles. The fourth-order valence-electron chi connectivity index (χ4n) is 1.98. The molecule has 1 saturated heterocycles. The van der Waals surface area contributed by atoms with E-state index in [9.17, 15) is 19.8 Å². The summed E-state index contributed by atoms with van der Waals surface area (Å²) >= 11 is 0. The maximum absolute atomic E-state index is 11.3. The van der Waals surface area contributed by atoms with Gasteiger partial charge in [-0.15, -0.1) is 0 Å². The van der Waals surface area contributed by atoms with Crippen LogP contribution in [0.4, 0.5) is 0 Å². The Kier molecular flexibility index (Phi) is 2.79. The van der Waals surface area contributed by atoms with Gasteiger partial charge < -0.3 is 14.9 Å². The van der Waals surface area contributed by atoms with Crippen LogP contribution in [0.5, 0.6) is 0 Å². The maximum atomic E-state index is 11.3. The van der Waals surface area contributed by atoms with Crippen LogP contribution in [0.15, 0.2) is 11.6 Å². The molecule has 0 saturated carbocycles. The number of ether oxygens (including phenoxy) is 1. The second kappa shape index (κ2) is 3.97. The van der Waals surface area contributed by atoms with Gasteiger partial charge in [-0.3, -0.25) is 14.9 Å². The van der Waals surface area contributed by atoms with E-state index in [-0.39, 0.29) is 5.57 Å². The average Bonchev–Trinajstić information content (AvgIpc) is 2.70. The summed E-state index contributed by atoms with van der Waals surface area (Å²) in [5, 5.41) is 21.4. The van der Waals surface area contributed by atoms with Crippen LogP contribution in [0, 0.1) is 0 Å². The zero-order valence-electron chi connectivity index (χ0n) is 8.71. The summed E-state index contributed by atoms with van der Waals surface area (Å²) in [6.07, 6.45) is -2.01. The SMILES string of the molecule is CCC1OC(C2=CC(=O)NC2=O)C(O)C1O. The zero-order chi connectivity index (χ0) is 11.9. The molecule has 0 bridgehead atoms. The Balaban J connectivity index is 2.20. The number of hydrogen-bond donors (Lipinski definition) is 3. The molecular formula is C10H13NO5. The highest BCUT2D eigenvalue weighted by atomic mass is 16.5. The van der Waals surface area contributed by atoms with Gasteiger partial charge in [-0.1, -0.05) is 6.92 Å². The lowest BCUT2D eigenvalue weighted by atomic mass is 10.0. The maximum Gasteiger partial charge on any atom is 0.256 e. The van der Waals surface area contributed by atoms with Crippen LogP contribution in [0.3, 0.4) is 0 Å². The van der Waals surface area contributed by atoms with Crippen molar-refractivity contribution in [2.24, 2.45) is 0 Å². The molecule has 3 N–H and O–H groups in total. The van der Waals surface area contributed by atoms with E-state index in [1.807, 2.05) is 0 Å². The number of aliphatic hydroxyl groups excluding tert-OH is 2. The quantitative estimate of drug-likeness (QED) is 0.497. The Morgan fingerprint density at radius 1 is 1.38 bits per heavy atom. The molecule has 2 amide bonds. The Morgan fingerprint density at radius 3 is 2.50 bits per heavy atom. The van der Waals surface area contributed by atoms with Crippen LogP contribution in [-0.2, 0) is 14.3 Å². The normalized spacial score (nSPS) is 38.8. The molecule has 1 fully saturated rings. The van der Waals surface area contributed by atoms with Gasteiger partial charge in [0.05, 0.1) is 11.7 Å². The van der Waals surface area contributed by atoms with E-state index in [4.69, 9.17) is 4.74 Å². The van der Waals surface area contributed by atoms with Crippen LogP contribution in [0.2, 0.25) is 0 Å². The number of nitrogens with one attached hydrogen (secondary N) is 1. The van der Waals surface area contributed by atoms with Crippen LogP contribution >= 0.6 is 0 Å². The molecule has 2 heterocycles. The summed E-state index contributed by atoms with van der Waals surface area (Å²) in [6, 6.07) is 0. The molecule has 6 nitrogen and oxygen atoms in total. The van der Waals surface area contributed by atoms with Crippen LogP contribution < -0.4 is 5.32 Å². The van der Waals surface area contributed by atoms with Gasteiger partial charge >= 0.3 is 0 Å². The van der Waals surface area contributed by atoms with Gasteiger partial charge in [-0.2, -0.15) is 0 Å².